The van der Waals surface area contributed by atoms with Crippen molar-refractivity contribution in [1.29, 1.82) is 0 Å². The summed E-state index contributed by atoms with van der Waals surface area (Å²) in [6.45, 7) is 5.22. The number of nitrogens with zero attached hydrogens (tertiary/aromatic N) is 1. The van der Waals surface area contributed by atoms with E-state index in [0.717, 1.165) is 32.3 Å². The number of hydrogen-bond donors (Lipinski definition) is 1. The van der Waals surface area contributed by atoms with E-state index < -0.39 is 5.54 Å². The number of rotatable bonds is 4. The Hall–Kier alpha value is -1.10. The molecule has 0 aromatic rings. The van der Waals surface area contributed by atoms with E-state index in [1.807, 2.05) is 0 Å². The third-order valence-corrected chi connectivity index (χ3v) is 3.86. The number of nitrogens with one attached hydrogen (secondary N) is 1. The quantitative estimate of drug-likeness (QED) is 0.802. The van der Waals surface area contributed by atoms with Crippen LogP contribution in [0.4, 0.5) is 0 Å². The Morgan fingerprint density at radius 3 is 2.89 bits per heavy atom. The fourth-order valence-electron chi connectivity index (χ4n) is 2.66. The minimum absolute atomic E-state index is 0.00643. The van der Waals surface area contributed by atoms with Crippen molar-refractivity contribution in [3.63, 3.8) is 0 Å². The van der Waals surface area contributed by atoms with Gasteiger partial charge in [0.05, 0.1) is 12.6 Å². The molecule has 18 heavy (non-hydrogen) atoms. The van der Waals surface area contributed by atoms with Crippen molar-refractivity contribution >= 4 is 11.8 Å². The molecule has 5 heteroatoms. The Morgan fingerprint density at radius 2 is 2.22 bits per heavy atom. The summed E-state index contributed by atoms with van der Waals surface area (Å²) < 4.78 is 5.56. The van der Waals surface area contributed by atoms with Crippen LogP contribution in [0.25, 0.3) is 0 Å². The van der Waals surface area contributed by atoms with Gasteiger partial charge in [0.15, 0.2) is 0 Å². The minimum Gasteiger partial charge on any atom is -0.378 e. The zero-order chi connectivity index (χ0) is 13.2. The van der Waals surface area contributed by atoms with Crippen LogP contribution in [0.1, 0.15) is 39.5 Å². The molecule has 0 aromatic heterocycles. The zero-order valence-corrected chi connectivity index (χ0v) is 11.2. The molecule has 1 atom stereocenters. The monoisotopic (exact) mass is 254 g/mol. The molecule has 1 unspecified atom stereocenters. The summed E-state index contributed by atoms with van der Waals surface area (Å²) in [4.78, 5) is 25.3. The molecule has 102 valence electrons. The van der Waals surface area contributed by atoms with Crippen LogP contribution in [0.3, 0.4) is 0 Å². The van der Waals surface area contributed by atoms with Crippen LogP contribution in [0.15, 0.2) is 0 Å². The van der Waals surface area contributed by atoms with Gasteiger partial charge < -0.3 is 15.0 Å². The normalized spacial score (nSPS) is 27.4. The van der Waals surface area contributed by atoms with E-state index in [0.29, 0.717) is 12.6 Å². The predicted molar refractivity (Wildman–Crippen MR) is 67.0 cm³/mol. The van der Waals surface area contributed by atoms with Crippen LogP contribution in [0.2, 0.25) is 0 Å². The highest BCUT2D eigenvalue weighted by molar-refractivity contribution is 5.97. The maximum atomic E-state index is 11.9. The summed E-state index contributed by atoms with van der Waals surface area (Å²) in [6, 6.07) is 0. The third kappa shape index (κ3) is 2.66. The van der Waals surface area contributed by atoms with Gasteiger partial charge in [-0.15, -0.1) is 0 Å². The molecule has 2 saturated heterocycles. The summed E-state index contributed by atoms with van der Waals surface area (Å²) >= 11 is 0. The first-order valence-electron chi connectivity index (χ1n) is 6.72. The molecule has 0 saturated carbocycles. The summed E-state index contributed by atoms with van der Waals surface area (Å²) in [7, 11) is 0. The summed E-state index contributed by atoms with van der Waals surface area (Å²) in [5, 5.41) is 2.63. The van der Waals surface area contributed by atoms with Crippen molar-refractivity contribution in [3.05, 3.63) is 0 Å². The SMILES string of the molecule is CC1(C)C(=O)NCC(=O)N1CCCC1CCCO1. The second-order valence-electron chi connectivity index (χ2n) is 5.56. The molecule has 0 radical (unpaired) electrons. The Balaban J connectivity index is 1.85. The Labute approximate surface area is 108 Å². The largest absolute Gasteiger partial charge is 0.378 e. The minimum atomic E-state index is -0.730. The lowest BCUT2D eigenvalue weighted by Gasteiger charge is -2.41. The first-order valence-corrected chi connectivity index (χ1v) is 6.72. The predicted octanol–water partition coefficient (Wildman–Crippen LogP) is 0.683. The lowest BCUT2D eigenvalue weighted by Crippen LogP contribution is -2.64. The molecule has 0 aliphatic carbocycles. The molecular formula is C13H22N2O3. The molecular weight excluding hydrogens is 232 g/mol. The number of piperazine rings is 1. The summed E-state index contributed by atoms with van der Waals surface area (Å²) in [5.74, 6) is -0.0637. The van der Waals surface area contributed by atoms with Gasteiger partial charge in [-0.05, 0) is 39.5 Å². The van der Waals surface area contributed by atoms with Crippen LogP contribution in [0, 0.1) is 0 Å². The van der Waals surface area contributed by atoms with E-state index in [4.69, 9.17) is 4.74 Å². The van der Waals surface area contributed by atoms with Crippen molar-refractivity contribution in [2.45, 2.75) is 51.2 Å². The van der Waals surface area contributed by atoms with E-state index >= 15 is 0 Å². The number of hydrogen-bond acceptors (Lipinski definition) is 3. The van der Waals surface area contributed by atoms with Gasteiger partial charge >= 0.3 is 0 Å². The number of carbonyl (C=O) groups is 2. The average Bonchev–Trinajstić information content (AvgIpc) is 2.82. The summed E-state index contributed by atoms with van der Waals surface area (Å²) in [6.07, 6.45) is 4.48. The molecule has 2 heterocycles. The third-order valence-electron chi connectivity index (χ3n) is 3.86. The van der Waals surface area contributed by atoms with Crippen molar-refractivity contribution in [3.8, 4) is 0 Å². The molecule has 2 amide bonds. The first kappa shape index (κ1) is 13.3. The topological polar surface area (TPSA) is 58.6 Å². The lowest BCUT2D eigenvalue weighted by molar-refractivity contribution is -0.151. The molecule has 0 bridgehead atoms. The number of amides is 2. The lowest BCUT2D eigenvalue weighted by atomic mass is 9.98. The molecule has 5 nitrogen and oxygen atoms in total. The van der Waals surface area contributed by atoms with Crippen LogP contribution < -0.4 is 5.32 Å². The Bertz CT molecular complexity index is 335. The maximum Gasteiger partial charge on any atom is 0.245 e. The summed E-state index contributed by atoms with van der Waals surface area (Å²) in [5.41, 5.74) is -0.730. The maximum absolute atomic E-state index is 11.9. The smallest absolute Gasteiger partial charge is 0.245 e. The van der Waals surface area contributed by atoms with E-state index in [2.05, 4.69) is 5.32 Å². The molecule has 1 N–H and O–H groups in total. The van der Waals surface area contributed by atoms with Gasteiger partial charge in [-0.3, -0.25) is 9.59 Å². The molecule has 2 aliphatic heterocycles. The molecule has 2 aliphatic rings. The second kappa shape index (κ2) is 5.26. The fourth-order valence-corrected chi connectivity index (χ4v) is 2.66. The molecule has 2 rings (SSSR count). The van der Waals surface area contributed by atoms with Crippen molar-refractivity contribution < 1.29 is 14.3 Å². The first-order chi connectivity index (χ1) is 8.51. The highest BCUT2D eigenvalue weighted by Crippen LogP contribution is 2.21. The van der Waals surface area contributed by atoms with Gasteiger partial charge in [0.2, 0.25) is 11.8 Å². The Morgan fingerprint density at radius 1 is 1.44 bits per heavy atom. The van der Waals surface area contributed by atoms with Crippen molar-refractivity contribution in [2.24, 2.45) is 0 Å². The molecule has 0 aromatic carbocycles. The number of carbonyl (C=O) groups excluding carboxylic acids is 2. The van der Waals surface area contributed by atoms with Gasteiger partial charge in [-0.1, -0.05) is 0 Å². The van der Waals surface area contributed by atoms with Gasteiger partial charge in [-0.25, -0.2) is 0 Å². The van der Waals surface area contributed by atoms with Crippen LogP contribution in [-0.4, -0.2) is 48.1 Å². The fraction of sp³-hybridized carbons (Fsp3) is 0.846. The van der Waals surface area contributed by atoms with E-state index in [9.17, 15) is 9.59 Å². The van der Waals surface area contributed by atoms with Gasteiger partial charge in [-0.2, -0.15) is 0 Å². The van der Waals surface area contributed by atoms with E-state index in [1.54, 1.807) is 18.7 Å². The van der Waals surface area contributed by atoms with Crippen molar-refractivity contribution in [2.75, 3.05) is 19.7 Å². The van der Waals surface area contributed by atoms with Crippen LogP contribution in [-0.2, 0) is 14.3 Å². The van der Waals surface area contributed by atoms with Gasteiger partial charge in [0.25, 0.3) is 0 Å². The van der Waals surface area contributed by atoms with E-state index in [-0.39, 0.29) is 18.4 Å². The highest BCUT2D eigenvalue weighted by Gasteiger charge is 2.41. The number of ether oxygens (including phenoxy) is 1. The van der Waals surface area contributed by atoms with Gasteiger partial charge in [0.1, 0.15) is 5.54 Å². The second-order valence-corrected chi connectivity index (χ2v) is 5.56. The highest BCUT2D eigenvalue weighted by atomic mass is 16.5. The van der Waals surface area contributed by atoms with Crippen LogP contribution >= 0.6 is 0 Å². The Kier molecular flexibility index (Phi) is 3.90. The van der Waals surface area contributed by atoms with E-state index in [1.165, 1.54) is 0 Å². The van der Waals surface area contributed by atoms with Gasteiger partial charge in [0, 0.05) is 13.2 Å². The zero-order valence-electron chi connectivity index (χ0n) is 11.2. The average molecular weight is 254 g/mol. The standard InChI is InChI=1S/C13H22N2O3/c1-13(2)12(17)14-9-11(16)15(13)7-3-5-10-6-4-8-18-10/h10H,3-9H2,1-2H3,(H,14,17). The van der Waals surface area contributed by atoms with Crippen LogP contribution in [0.5, 0.6) is 0 Å². The molecule has 2 fully saturated rings. The van der Waals surface area contributed by atoms with Crippen molar-refractivity contribution in [1.82, 2.24) is 10.2 Å². The molecule has 0 spiro atoms.